The van der Waals surface area contributed by atoms with E-state index in [4.69, 9.17) is 8.83 Å². The summed E-state index contributed by atoms with van der Waals surface area (Å²) in [5.74, 6) is 1.31. The number of hydrogen-bond acceptors (Lipinski definition) is 4. The Balaban J connectivity index is 1.74. The van der Waals surface area contributed by atoms with Crippen molar-refractivity contribution in [3.8, 4) is 0 Å². The number of anilines is 1. The minimum absolute atomic E-state index is 0.224. The first-order valence-corrected chi connectivity index (χ1v) is 7.05. The summed E-state index contributed by atoms with van der Waals surface area (Å²) in [6.45, 7) is 4.04. The second-order valence-corrected chi connectivity index (χ2v) is 5.23. The number of amides is 1. The Morgan fingerprint density at radius 1 is 1.32 bits per heavy atom. The van der Waals surface area contributed by atoms with Crippen LogP contribution in [0.1, 0.15) is 31.4 Å². The molecular formula is C17H16N2O3. The zero-order valence-corrected chi connectivity index (χ0v) is 12.4. The van der Waals surface area contributed by atoms with Gasteiger partial charge in [0.15, 0.2) is 11.5 Å². The van der Waals surface area contributed by atoms with Crippen LogP contribution in [0, 0.1) is 0 Å². The fraction of sp³-hybridized carbons (Fsp3) is 0.176. The molecule has 0 saturated heterocycles. The molecule has 0 atom stereocenters. The number of fused-ring (bicyclic) bond motifs is 1. The number of furan rings is 1. The quantitative estimate of drug-likeness (QED) is 0.733. The predicted molar refractivity (Wildman–Crippen MR) is 84.5 cm³/mol. The molecule has 0 saturated carbocycles. The minimum Gasteiger partial charge on any atom is -0.465 e. The first-order valence-electron chi connectivity index (χ1n) is 7.05. The van der Waals surface area contributed by atoms with Gasteiger partial charge >= 0.3 is 0 Å². The number of hydrogen-bond donors (Lipinski definition) is 1. The lowest BCUT2D eigenvalue weighted by Gasteiger charge is -2.00. The van der Waals surface area contributed by atoms with Crippen LogP contribution >= 0.6 is 0 Å². The number of carbonyl (C=O) groups is 1. The summed E-state index contributed by atoms with van der Waals surface area (Å²) in [6.07, 6.45) is 4.59. The van der Waals surface area contributed by atoms with Gasteiger partial charge in [-0.05, 0) is 36.4 Å². The van der Waals surface area contributed by atoms with Crippen molar-refractivity contribution in [1.29, 1.82) is 0 Å². The normalized spacial score (nSPS) is 11.6. The van der Waals surface area contributed by atoms with Crippen molar-refractivity contribution in [2.75, 3.05) is 5.32 Å². The molecule has 3 rings (SSSR count). The van der Waals surface area contributed by atoms with E-state index in [9.17, 15) is 4.79 Å². The van der Waals surface area contributed by atoms with E-state index in [0.29, 0.717) is 22.9 Å². The van der Waals surface area contributed by atoms with Crippen LogP contribution in [0.3, 0.4) is 0 Å². The van der Waals surface area contributed by atoms with Crippen molar-refractivity contribution in [3.05, 3.63) is 54.3 Å². The monoisotopic (exact) mass is 296 g/mol. The Hall–Kier alpha value is -2.82. The fourth-order valence-corrected chi connectivity index (χ4v) is 2.00. The summed E-state index contributed by atoms with van der Waals surface area (Å²) < 4.78 is 10.8. The number of nitrogens with one attached hydrogen (secondary N) is 1. The lowest BCUT2D eigenvalue weighted by atomic mass is 10.2. The first-order chi connectivity index (χ1) is 10.6. The molecule has 0 aliphatic carbocycles. The average Bonchev–Trinajstić information content (AvgIpc) is 3.14. The van der Waals surface area contributed by atoms with E-state index in [0.717, 1.165) is 5.52 Å². The van der Waals surface area contributed by atoms with Gasteiger partial charge < -0.3 is 14.2 Å². The number of oxazole rings is 1. The fourth-order valence-electron chi connectivity index (χ4n) is 2.00. The Labute approximate surface area is 127 Å². The Bertz CT molecular complexity index is 814. The van der Waals surface area contributed by atoms with Crippen molar-refractivity contribution in [2.45, 2.75) is 19.8 Å². The zero-order valence-electron chi connectivity index (χ0n) is 12.4. The maximum atomic E-state index is 11.9. The van der Waals surface area contributed by atoms with Crippen molar-refractivity contribution in [3.63, 3.8) is 0 Å². The van der Waals surface area contributed by atoms with Gasteiger partial charge in [0.25, 0.3) is 0 Å². The molecule has 5 heteroatoms. The zero-order chi connectivity index (χ0) is 15.5. The van der Waals surface area contributed by atoms with Crippen molar-refractivity contribution >= 4 is 28.8 Å². The van der Waals surface area contributed by atoms with Crippen molar-refractivity contribution < 1.29 is 13.6 Å². The lowest BCUT2D eigenvalue weighted by Crippen LogP contribution is -2.07. The van der Waals surface area contributed by atoms with E-state index in [-0.39, 0.29) is 11.8 Å². The van der Waals surface area contributed by atoms with Crippen LogP contribution in [0.4, 0.5) is 5.69 Å². The molecular weight excluding hydrogens is 280 g/mol. The molecule has 1 N–H and O–H groups in total. The van der Waals surface area contributed by atoms with Gasteiger partial charge in [-0.25, -0.2) is 4.98 Å². The van der Waals surface area contributed by atoms with Gasteiger partial charge in [-0.15, -0.1) is 0 Å². The topological polar surface area (TPSA) is 68.3 Å². The molecule has 2 aromatic heterocycles. The molecule has 112 valence electrons. The number of benzene rings is 1. The van der Waals surface area contributed by atoms with Crippen LogP contribution in [0.5, 0.6) is 0 Å². The molecule has 2 heterocycles. The summed E-state index contributed by atoms with van der Waals surface area (Å²) in [7, 11) is 0. The van der Waals surface area contributed by atoms with Gasteiger partial charge in [0.1, 0.15) is 11.3 Å². The number of carbonyl (C=O) groups excluding carboxylic acids is 1. The van der Waals surface area contributed by atoms with Crippen molar-refractivity contribution in [1.82, 2.24) is 4.98 Å². The molecule has 0 aliphatic rings. The molecule has 1 aromatic carbocycles. The van der Waals surface area contributed by atoms with E-state index in [1.807, 2.05) is 13.8 Å². The SMILES string of the molecule is CC(C)c1nc2cc(NC(=O)/C=C/c3ccco3)ccc2o1. The number of rotatable bonds is 4. The molecule has 0 aliphatic heterocycles. The Morgan fingerprint density at radius 3 is 2.91 bits per heavy atom. The summed E-state index contributed by atoms with van der Waals surface area (Å²) >= 11 is 0. The van der Waals surface area contributed by atoms with E-state index in [1.54, 1.807) is 42.7 Å². The van der Waals surface area contributed by atoms with Crippen LogP contribution in [0.15, 0.2) is 51.5 Å². The third kappa shape index (κ3) is 3.09. The van der Waals surface area contributed by atoms with E-state index in [1.165, 1.54) is 6.08 Å². The van der Waals surface area contributed by atoms with Crippen LogP contribution in [0.2, 0.25) is 0 Å². The molecule has 0 unspecified atom stereocenters. The first kappa shape index (κ1) is 14.1. The number of nitrogens with zero attached hydrogens (tertiary/aromatic N) is 1. The summed E-state index contributed by atoms with van der Waals surface area (Å²) in [6, 6.07) is 8.93. The highest BCUT2D eigenvalue weighted by molar-refractivity contribution is 6.02. The Morgan fingerprint density at radius 2 is 2.18 bits per heavy atom. The molecule has 1 amide bonds. The highest BCUT2D eigenvalue weighted by Crippen LogP contribution is 2.23. The van der Waals surface area contributed by atoms with Gasteiger partial charge in [-0.1, -0.05) is 13.8 Å². The van der Waals surface area contributed by atoms with E-state index in [2.05, 4.69) is 10.3 Å². The second-order valence-electron chi connectivity index (χ2n) is 5.23. The van der Waals surface area contributed by atoms with Crippen molar-refractivity contribution in [2.24, 2.45) is 0 Å². The van der Waals surface area contributed by atoms with Gasteiger partial charge in [-0.3, -0.25) is 4.79 Å². The lowest BCUT2D eigenvalue weighted by molar-refractivity contribution is -0.111. The summed E-state index contributed by atoms with van der Waals surface area (Å²) in [5.41, 5.74) is 2.12. The molecule has 22 heavy (non-hydrogen) atoms. The van der Waals surface area contributed by atoms with Crippen LogP contribution in [0.25, 0.3) is 17.2 Å². The van der Waals surface area contributed by atoms with Crippen LogP contribution < -0.4 is 5.32 Å². The molecule has 0 radical (unpaired) electrons. The highest BCUT2D eigenvalue weighted by Gasteiger charge is 2.10. The predicted octanol–water partition coefficient (Wildman–Crippen LogP) is 4.20. The summed E-state index contributed by atoms with van der Waals surface area (Å²) in [5, 5.41) is 2.79. The minimum atomic E-state index is -0.233. The highest BCUT2D eigenvalue weighted by atomic mass is 16.3. The van der Waals surface area contributed by atoms with Gasteiger partial charge in [0, 0.05) is 17.7 Å². The van der Waals surface area contributed by atoms with Gasteiger partial charge in [-0.2, -0.15) is 0 Å². The molecule has 3 aromatic rings. The second kappa shape index (κ2) is 5.89. The largest absolute Gasteiger partial charge is 0.465 e. The van der Waals surface area contributed by atoms with Gasteiger partial charge in [0.2, 0.25) is 5.91 Å². The van der Waals surface area contributed by atoms with Gasteiger partial charge in [0.05, 0.1) is 6.26 Å². The summed E-state index contributed by atoms with van der Waals surface area (Å²) in [4.78, 5) is 16.3. The third-order valence-electron chi connectivity index (χ3n) is 3.11. The van der Waals surface area contributed by atoms with E-state index >= 15 is 0 Å². The van der Waals surface area contributed by atoms with E-state index < -0.39 is 0 Å². The molecule has 0 fully saturated rings. The molecule has 0 spiro atoms. The molecule has 5 nitrogen and oxygen atoms in total. The Kier molecular flexibility index (Phi) is 3.78. The van der Waals surface area contributed by atoms with Crippen LogP contribution in [-0.4, -0.2) is 10.9 Å². The smallest absolute Gasteiger partial charge is 0.248 e. The maximum absolute atomic E-state index is 11.9. The molecule has 0 bridgehead atoms. The standard InChI is InChI=1S/C17H16N2O3/c1-11(2)17-19-14-10-12(5-7-15(14)22-17)18-16(20)8-6-13-4-3-9-21-13/h3-11H,1-2H3,(H,18,20)/b8-6+. The van der Waals surface area contributed by atoms with Crippen LogP contribution in [-0.2, 0) is 4.79 Å². The number of aromatic nitrogens is 1. The maximum Gasteiger partial charge on any atom is 0.248 e. The average molecular weight is 296 g/mol. The third-order valence-corrected chi connectivity index (χ3v) is 3.11.